The van der Waals surface area contributed by atoms with Crippen molar-refractivity contribution < 1.29 is 14.0 Å². The van der Waals surface area contributed by atoms with Gasteiger partial charge in [0.25, 0.3) is 0 Å². The summed E-state index contributed by atoms with van der Waals surface area (Å²) < 4.78 is 17.4. The van der Waals surface area contributed by atoms with E-state index in [1.54, 1.807) is 23.9 Å². The molecule has 0 atom stereocenters. The largest absolute Gasteiger partial charge is 0.356 e. The highest BCUT2D eigenvalue weighted by atomic mass is 35.5. The molecule has 2 N–H and O–H groups in total. The number of amides is 2. The number of nitrogens with zero attached hydrogens (tertiary/aromatic N) is 6. The smallest absolute Gasteiger partial charge is 0.220 e. The SMILES string of the molecule is CCCNC(=O)CCc1nnc(SCc2cccc(C)c2)n1-c1ccc(C)cc1.CCCNC(=O)CCc1nnc(SCc2cccc(F)c2)n1-c1cccc(Cl)c1. The van der Waals surface area contributed by atoms with Gasteiger partial charge >= 0.3 is 0 Å². The minimum absolute atomic E-state index is 0.0125. The highest BCUT2D eigenvalue weighted by Gasteiger charge is 2.18. The van der Waals surface area contributed by atoms with E-state index in [0.717, 1.165) is 46.5 Å². The van der Waals surface area contributed by atoms with E-state index in [2.05, 4.69) is 98.0 Å². The van der Waals surface area contributed by atoms with Gasteiger partial charge < -0.3 is 10.6 Å². The monoisotopic (exact) mass is 840 g/mol. The zero-order valence-corrected chi connectivity index (χ0v) is 35.8. The average molecular weight is 842 g/mol. The fraction of sp³-hybridized carbons (Fsp3) is 0.318. The predicted molar refractivity (Wildman–Crippen MR) is 232 cm³/mol. The lowest BCUT2D eigenvalue weighted by molar-refractivity contribution is -0.121. The van der Waals surface area contributed by atoms with Crippen LogP contribution in [-0.4, -0.2) is 54.4 Å². The quantitative estimate of drug-likeness (QED) is 0.0823. The number of aryl methyl sites for hydroxylation is 4. The molecule has 0 unspecified atom stereocenters. The summed E-state index contributed by atoms with van der Waals surface area (Å²) in [6.07, 6.45) is 3.58. The number of nitrogens with one attached hydrogen (secondary N) is 2. The Hall–Kier alpha value is -4.98. The lowest BCUT2D eigenvalue weighted by Gasteiger charge is -2.11. The third kappa shape index (κ3) is 13.6. The van der Waals surface area contributed by atoms with Crippen LogP contribution in [0.5, 0.6) is 0 Å². The molecule has 0 aliphatic carbocycles. The van der Waals surface area contributed by atoms with E-state index in [1.165, 1.54) is 40.6 Å². The zero-order valence-electron chi connectivity index (χ0n) is 33.4. The zero-order chi connectivity index (χ0) is 41.3. The molecule has 0 spiro atoms. The molecule has 0 fully saturated rings. The summed E-state index contributed by atoms with van der Waals surface area (Å²) in [5.41, 5.74) is 6.42. The first-order valence-electron chi connectivity index (χ1n) is 19.4. The lowest BCUT2D eigenvalue weighted by atomic mass is 10.2. The Bertz CT molecular complexity index is 2250. The second-order valence-electron chi connectivity index (χ2n) is 13.7. The molecule has 0 radical (unpaired) electrons. The van der Waals surface area contributed by atoms with Gasteiger partial charge in [0.2, 0.25) is 11.8 Å². The second kappa shape index (κ2) is 22.8. The second-order valence-corrected chi connectivity index (χ2v) is 16.0. The molecule has 58 heavy (non-hydrogen) atoms. The minimum Gasteiger partial charge on any atom is -0.356 e. The predicted octanol–water partition coefficient (Wildman–Crippen LogP) is 9.45. The van der Waals surface area contributed by atoms with Crippen LogP contribution in [0.2, 0.25) is 5.02 Å². The van der Waals surface area contributed by atoms with Gasteiger partial charge in [-0.1, -0.05) is 115 Å². The Morgan fingerprint density at radius 3 is 1.71 bits per heavy atom. The summed E-state index contributed by atoms with van der Waals surface area (Å²) in [5, 5.41) is 25.4. The van der Waals surface area contributed by atoms with Gasteiger partial charge in [-0.25, -0.2) is 4.39 Å². The van der Waals surface area contributed by atoms with Crippen molar-refractivity contribution >= 4 is 46.9 Å². The molecule has 2 aromatic heterocycles. The molecule has 304 valence electrons. The first-order valence-corrected chi connectivity index (χ1v) is 21.8. The summed E-state index contributed by atoms with van der Waals surface area (Å²) in [6.45, 7) is 9.60. The van der Waals surface area contributed by atoms with Crippen LogP contribution in [0.15, 0.2) is 107 Å². The third-order valence-corrected chi connectivity index (χ3v) is 11.0. The number of benzene rings is 4. The van der Waals surface area contributed by atoms with Crippen molar-refractivity contribution in [2.24, 2.45) is 0 Å². The minimum atomic E-state index is -0.266. The van der Waals surface area contributed by atoms with E-state index in [1.807, 2.05) is 42.7 Å². The van der Waals surface area contributed by atoms with Crippen molar-refractivity contribution in [1.82, 2.24) is 40.2 Å². The summed E-state index contributed by atoms with van der Waals surface area (Å²) >= 11 is 9.30. The molecule has 14 heteroatoms. The molecule has 6 aromatic rings. The van der Waals surface area contributed by atoms with Crippen LogP contribution in [0, 0.1) is 19.7 Å². The number of halogens is 2. The number of rotatable bonds is 18. The van der Waals surface area contributed by atoms with Crippen molar-refractivity contribution in [1.29, 1.82) is 0 Å². The average Bonchev–Trinajstić information content (AvgIpc) is 3.83. The number of carbonyl (C=O) groups is 2. The van der Waals surface area contributed by atoms with Crippen LogP contribution in [-0.2, 0) is 33.9 Å². The van der Waals surface area contributed by atoms with Gasteiger partial charge in [0.1, 0.15) is 17.5 Å². The molecule has 0 saturated carbocycles. The molecular weight excluding hydrogens is 791 g/mol. The van der Waals surface area contributed by atoms with Crippen molar-refractivity contribution in [3.05, 3.63) is 142 Å². The van der Waals surface area contributed by atoms with Gasteiger partial charge in [0.05, 0.1) is 5.69 Å². The van der Waals surface area contributed by atoms with E-state index in [4.69, 9.17) is 11.6 Å². The summed E-state index contributed by atoms with van der Waals surface area (Å²) in [5.74, 6) is 2.64. The van der Waals surface area contributed by atoms with Crippen molar-refractivity contribution in [2.45, 2.75) is 88.0 Å². The van der Waals surface area contributed by atoms with Gasteiger partial charge in [0.15, 0.2) is 10.3 Å². The fourth-order valence-electron chi connectivity index (χ4n) is 5.82. The van der Waals surface area contributed by atoms with Crippen LogP contribution in [0.1, 0.15) is 73.4 Å². The summed E-state index contributed by atoms with van der Waals surface area (Å²) in [4.78, 5) is 24.0. The Morgan fingerprint density at radius 2 is 1.17 bits per heavy atom. The summed E-state index contributed by atoms with van der Waals surface area (Å²) in [7, 11) is 0. The Morgan fingerprint density at radius 1 is 0.638 bits per heavy atom. The Labute approximate surface area is 353 Å². The van der Waals surface area contributed by atoms with E-state index in [9.17, 15) is 14.0 Å². The molecule has 0 bridgehead atoms. The number of carbonyl (C=O) groups excluding carboxylic acids is 2. The molecule has 0 aliphatic heterocycles. The first kappa shape index (κ1) is 44.1. The number of thioether (sulfide) groups is 2. The molecule has 2 heterocycles. The molecular formula is C44H50ClFN8O2S2. The molecule has 6 rings (SSSR count). The lowest BCUT2D eigenvalue weighted by Crippen LogP contribution is -2.24. The molecule has 2 amide bonds. The van der Waals surface area contributed by atoms with Crippen LogP contribution in [0.4, 0.5) is 4.39 Å². The topological polar surface area (TPSA) is 120 Å². The van der Waals surface area contributed by atoms with Gasteiger partial charge in [-0.15, -0.1) is 20.4 Å². The van der Waals surface area contributed by atoms with Crippen LogP contribution in [0.3, 0.4) is 0 Å². The number of hydrogen-bond acceptors (Lipinski definition) is 8. The summed E-state index contributed by atoms with van der Waals surface area (Å²) in [6, 6.07) is 30.7. The Kier molecular flexibility index (Phi) is 17.4. The standard InChI is InChI=1S/C23H28N4OS.C21H22ClFN4OS/c1-4-14-24-22(28)13-12-21-25-26-23(27(21)20-10-8-17(2)9-11-20)29-16-19-7-5-6-18(3)15-19;1-2-11-24-20(28)10-9-19-25-26-21(27(19)18-8-4-6-16(22)13-18)29-14-15-5-3-7-17(23)12-15/h5-11,15H,4,12-14,16H2,1-3H3,(H,24,28);3-8,12-13H,2,9-11,14H2,1H3,(H,24,28). The maximum Gasteiger partial charge on any atom is 0.220 e. The number of aromatic nitrogens is 6. The molecule has 0 saturated heterocycles. The van der Waals surface area contributed by atoms with Crippen molar-refractivity contribution in [3.8, 4) is 11.4 Å². The highest BCUT2D eigenvalue weighted by molar-refractivity contribution is 7.98. The van der Waals surface area contributed by atoms with Crippen LogP contribution >= 0.6 is 35.1 Å². The van der Waals surface area contributed by atoms with Gasteiger partial charge in [0, 0.05) is 61.0 Å². The third-order valence-electron chi connectivity index (χ3n) is 8.76. The Balaban J connectivity index is 0.000000221. The maximum atomic E-state index is 13.5. The van der Waals surface area contributed by atoms with Crippen LogP contribution < -0.4 is 10.6 Å². The van der Waals surface area contributed by atoms with E-state index >= 15 is 0 Å². The molecule has 0 aliphatic rings. The molecule has 4 aromatic carbocycles. The first-order chi connectivity index (χ1) is 28.1. The van der Waals surface area contributed by atoms with Gasteiger partial charge in [-0.05, 0) is 80.3 Å². The van der Waals surface area contributed by atoms with E-state index in [0.29, 0.717) is 60.5 Å². The van der Waals surface area contributed by atoms with Crippen molar-refractivity contribution in [3.63, 3.8) is 0 Å². The highest BCUT2D eigenvalue weighted by Crippen LogP contribution is 2.28. The van der Waals surface area contributed by atoms with Gasteiger partial charge in [-0.3, -0.25) is 18.7 Å². The fourth-order valence-corrected chi connectivity index (χ4v) is 7.83. The number of hydrogen-bond donors (Lipinski definition) is 2. The normalized spacial score (nSPS) is 10.9. The van der Waals surface area contributed by atoms with E-state index in [-0.39, 0.29) is 17.6 Å². The molecule has 10 nitrogen and oxygen atoms in total. The van der Waals surface area contributed by atoms with Gasteiger partial charge in [-0.2, -0.15) is 0 Å². The van der Waals surface area contributed by atoms with Crippen LogP contribution in [0.25, 0.3) is 11.4 Å². The van der Waals surface area contributed by atoms with E-state index < -0.39 is 0 Å². The van der Waals surface area contributed by atoms with Crippen molar-refractivity contribution in [2.75, 3.05) is 13.1 Å². The maximum absolute atomic E-state index is 13.5.